The van der Waals surface area contributed by atoms with Crippen LogP contribution in [0.5, 0.6) is 0 Å². The molecule has 0 aliphatic rings. The molecule has 0 saturated heterocycles. The summed E-state index contributed by atoms with van der Waals surface area (Å²) in [6.07, 6.45) is 0.244. The van der Waals surface area contributed by atoms with Crippen LogP contribution in [0.15, 0.2) is 6.33 Å². The Kier molecular flexibility index (Phi) is 5.04. The van der Waals surface area contributed by atoms with Crippen LogP contribution in [0.4, 0.5) is 4.79 Å². The number of carbonyl (C=O) groups is 1. The van der Waals surface area contributed by atoms with Gasteiger partial charge in [-0.15, -0.1) is 0 Å². The van der Waals surface area contributed by atoms with Crippen molar-refractivity contribution >= 4 is 16.3 Å². The predicted octanol–water partition coefficient (Wildman–Crippen LogP) is -0.684. The lowest BCUT2D eigenvalue weighted by Crippen LogP contribution is -2.42. The molecule has 0 aliphatic carbocycles. The molecule has 1 heterocycles. The van der Waals surface area contributed by atoms with Gasteiger partial charge in [-0.1, -0.05) is 0 Å². The second-order valence-electron chi connectivity index (χ2n) is 3.64. The number of rotatable bonds is 6. The molecule has 0 fully saturated rings. The molecule has 0 atom stereocenters. The van der Waals surface area contributed by atoms with Gasteiger partial charge in [0, 0.05) is 13.0 Å². The van der Waals surface area contributed by atoms with E-state index < -0.39 is 22.4 Å². The quantitative estimate of drug-likeness (QED) is 0.632. The molecule has 1 aromatic rings. The molecule has 0 radical (unpaired) electrons. The van der Waals surface area contributed by atoms with Gasteiger partial charge in [0.2, 0.25) is 0 Å². The molecule has 0 aromatic carbocycles. The van der Waals surface area contributed by atoms with E-state index in [-0.39, 0.29) is 6.54 Å². The van der Waals surface area contributed by atoms with E-state index in [1.54, 1.807) is 18.6 Å². The fraction of sp³-hybridized carbons (Fsp3) is 0.625. The molecule has 10 heteroatoms. The van der Waals surface area contributed by atoms with E-state index in [4.69, 9.17) is 0 Å². The summed E-state index contributed by atoms with van der Waals surface area (Å²) in [4.78, 5) is 14.9. The lowest BCUT2D eigenvalue weighted by Gasteiger charge is -2.10. The summed E-state index contributed by atoms with van der Waals surface area (Å²) in [5.74, 6) is 0.544. The van der Waals surface area contributed by atoms with E-state index >= 15 is 0 Å². The zero-order valence-electron chi connectivity index (χ0n) is 10.0. The van der Waals surface area contributed by atoms with Crippen LogP contribution in [-0.2, 0) is 21.4 Å². The van der Waals surface area contributed by atoms with Crippen LogP contribution in [0.25, 0.3) is 0 Å². The fourth-order valence-electron chi connectivity index (χ4n) is 1.04. The lowest BCUT2D eigenvalue weighted by molar-refractivity contribution is 0.121. The molecule has 0 bridgehead atoms. The summed E-state index contributed by atoms with van der Waals surface area (Å²) in [5.41, 5.74) is 0. The molecule has 1 aromatic heterocycles. The van der Waals surface area contributed by atoms with Crippen molar-refractivity contribution in [2.24, 2.45) is 0 Å². The topological polar surface area (TPSA) is 126 Å². The first-order chi connectivity index (χ1) is 8.39. The van der Waals surface area contributed by atoms with Crippen LogP contribution in [-0.4, -0.2) is 42.3 Å². The first-order valence-electron chi connectivity index (χ1n) is 5.21. The smallest absolute Gasteiger partial charge is 0.422 e. The van der Waals surface area contributed by atoms with E-state index in [0.29, 0.717) is 12.2 Å². The van der Waals surface area contributed by atoms with Crippen molar-refractivity contribution in [2.45, 2.75) is 26.4 Å². The lowest BCUT2D eigenvalue weighted by atomic mass is 10.4. The molecule has 9 nitrogen and oxygen atoms in total. The minimum Gasteiger partial charge on any atom is -0.446 e. The number of nitrogens with one attached hydrogen (secondary N) is 3. The Morgan fingerprint density at radius 2 is 2.28 bits per heavy atom. The van der Waals surface area contributed by atoms with Crippen LogP contribution < -0.4 is 9.44 Å². The Balaban J connectivity index is 2.33. The maximum atomic E-state index is 11.4. The number of H-pyrrole nitrogens is 1. The number of aromatic amines is 1. The Hall–Kier alpha value is -1.68. The highest BCUT2D eigenvalue weighted by molar-refractivity contribution is 7.88. The number of amides is 1. The average Bonchev–Trinajstić information content (AvgIpc) is 2.67. The van der Waals surface area contributed by atoms with Gasteiger partial charge in [-0.2, -0.15) is 18.2 Å². The predicted molar refractivity (Wildman–Crippen MR) is 61.8 cm³/mol. The molecule has 0 unspecified atom stereocenters. The Labute approximate surface area is 105 Å². The van der Waals surface area contributed by atoms with Crippen LogP contribution in [0.3, 0.4) is 0 Å². The van der Waals surface area contributed by atoms with Gasteiger partial charge >= 0.3 is 16.3 Å². The van der Waals surface area contributed by atoms with Crippen molar-refractivity contribution in [3.8, 4) is 0 Å². The van der Waals surface area contributed by atoms with Crippen LogP contribution in [0.2, 0.25) is 0 Å². The standard InChI is InChI=1S/C8H15N5O4S/c1-6(2)17-8(14)13-18(15,16)11-4-3-7-9-5-10-12-7/h5-6,11H,3-4H2,1-2H3,(H,13,14)(H,9,10,12). The van der Waals surface area contributed by atoms with Gasteiger partial charge in [0.1, 0.15) is 12.2 Å². The summed E-state index contributed by atoms with van der Waals surface area (Å²) in [6, 6.07) is 0. The van der Waals surface area contributed by atoms with Crippen molar-refractivity contribution in [2.75, 3.05) is 6.54 Å². The van der Waals surface area contributed by atoms with Crippen molar-refractivity contribution in [1.29, 1.82) is 0 Å². The second kappa shape index (κ2) is 6.31. The van der Waals surface area contributed by atoms with Gasteiger partial charge in [0.15, 0.2) is 0 Å². The van der Waals surface area contributed by atoms with Crippen LogP contribution in [0.1, 0.15) is 19.7 Å². The van der Waals surface area contributed by atoms with E-state index in [9.17, 15) is 13.2 Å². The molecular weight excluding hydrogens is 262 g/mol. The number of carbonyl (C=O) groups excluding carboxylic acids is 1. The van der Waals surface area contributed by atoms with Crippen molar-refractivity contribution in [1.82, 2.24) is 24.6 Å². The average molecular weight is 277 g/mol. The molecular formula is C8H15N5O4S. The van der Waals surface area contributed by atoms with E-state index in [0.717, 1.165) is 0 Å². The Morgan fingerprint density at radius 3 is 2.83 bits per heavy atom. The molecule has 1 rings (SSSR count). The van der Waals surface area contributed by atoms with Crippen molar-refractivity contribution in [3.05, 3.63) is 12.2 Å². The van der Waals surface area contributed by atoms with Crippen LogP contribution in [0, 0.1) is 0 Å². The van der Waals surface area contributed by atoms with Crippen molar-refractivity contribution in [3.63, 3.8) is 0 Å². The molecule has 0 saturated carbocycles. The molecule has 0 spiro atoms. The summed E-state index contributed by atoms with van der Waals surface area (Å²) >= 11 is 0. The van der Waals surface area contributed by atoms with Crippen LogP contribution >= 0.6 is 0 Å². The maximum Gasteiger partial charge on any atom is 0.422 e. The van der Waals surface area contributed by atoms with E-state index in [2.05, 4.69) is 24.6 Å². The highest BCUT2D eigenvalue weighted by Crippen LogP contribution is 1.91. The third-order valence-electron chi connectivity index (χ3n) is 1.68. The first kappa shape index (κ1) is 14.4. The summed E-state index contributed by atoms with van der Waals surface area (Å²) in [6.45, 7) is 3.31. The number of nitrogens with zero attached hydrogens (tertiary/aromatic N) is 2. The number of hydrogen-bond donors (Lipinski definition) is 3. The zero-order chi connectivity index (χ0) is 13.6. The second-order valence-corrected chi connectivity index (χ2v) is 5.14. The van der Waals surface area contributed by atoms with E-state index in [1.807, 2.05) is 0 Å². The number of hydrogen-bond acceptors (Lipinski definition) is 6. The number of ether oxygens (including phenoxy) is 1. The third kappa shape index (κ3) is 5.59. The van der Waals surface area contributed by atoms with Gasteiger partial charge in [-0.3, -0.25) is 5.10 Å². The largest absolute Gasteiger partial charge is 0.446 e. The highest BCUT2D eigenvalue weighted by atomic mass is 32.2. The Morgan fingerprint density at radius 1 is 1.56 bits per heavy atom. The monoisotopic (exact) mass is 277 g/mol. The summed E-state index contributed by atoms with van der Waals surface area (Å²) in [7, 11) is -3.92. The molecule has 0 aliphatic heterocycles. The number of aromatic nitrogens is 3. The van der Waals surface area contributed by atoms with Crippen molar-refractivity contribution < 1.29 is 17.9 Å². The summed E-state index contributed by atoms with van der Waals surface area (Å²) < 4.78 is 31.3. The molecule has 3 N–H and O–H groups in total. The molecule has 102 valence electrons. The fourth-order valence-corrected chi connectivity index (χ4v) is 1.75. The van der Waals surface area contributed by atoms with Gasteiger partial charge < -0.3 is 4.74 Å². The van der Waals surface area contributed by atoms with E-state index in [1.165, 1.54) is 6.33 Å². The van der Waals surface area contributed by atoms with Gasteiger partial charge in [-0.05, 0) is 13.8 Å². The minimum atomic E-state index is -3.92. The third-order valence-corrected chi connectivity index (χ3v) is 2.70. The SMILES string of the molecule is CC(C)OC(=O)NS(=O)(=O)NCCc1ncn[nH]1. The van der Waals surface area contributed by atoms with Gasteiger partial charge in [0.25, 0.3) is 0 Å². The molecule has 18 heavy (non-hydrogen) atoms. The molecule has 1 amide bonds. The normalized spacial score (nSPS) is 11.5. The van der Waals surface area contributed by atoms with Gasteiger partial charge in [0.05, 0.1) is 6.10 Å². The minimum absolute atomic E-state index is 0.0828. The summed E-state index contributed by atoms with van der Waals surface area (Å²) in [5, 5.41) is 6.20. The zero-order valence-corrected chi connectivity index (χ0v) is 10.8. The maximum absolute atomic E-state index is 11.4. The van der Waals surface area contributed by atoms with Gasteiger partial charge in [-0.25, -0.2) is 14.5 Å². The Bertz CT molecular complexity index is 470. The first-order valence-corrected chi connectivity index (χ1v) is 6.69. The highest BCUT2D eigenvalue weighted by Gasteiger charge is 2.15.